The lowest BCUT2D eigenvalue weighted by Gasteiger charge is -2.03. The van der Waals surface area contributed by atoms with Gasteiger partial charge in [-0.3, -0.25) is 0 Å². The van der Waals surface area contributed by atoms with E-state index in [1.54, 1.807) is 0 Å². The van der Waals surface area contributed by atoms with Gasteiger partial charge in [0.1, 0.15) is 6.26 Å². The zero-order valence-electron chi connectivity index (χ0n) is 4.90. The maximum absolute atomic E-state index is 10.1. The summed E-state index contributed by atoms with van der Waals surface area (Å²) in [5, 5.41) is 8.31. The lowest BCUT2D eigenvalue weighted by Crippen LogP contribution is -2.09. The van der Waals surface area contributed by atoms with Crippen LogP contribution in [0.1, 0.15) is 0 Å². The van der Waals surface area contributed by atoms with Gasteiger partial charge in [-0.2, -0.15) is 0 Å². The molecule has 1 heterocycles. The topological polar surface area (TPSA) is 58.6 Å². The average Bonchev–Trinajstić information content (AvgIpc) is 1.90. The first-order valence-electron chi connectivity index (χ1n) is 2.32. The molecule has 0 bridgehead atoms. The molecule has 56 valence electrons. The van der Waals surface area contributed by atoms with E-state index in [4.69, 9.17) is 5.11 Å². The van der Waals surface area contributed by atoms with Crippen LogP contribution in [0, 0.1) is 0 Å². The van der Waals surface area contributed by atoms with Gasteiger partial charge in [0.25, 0.3) is 0 Å². The third-order valence-electron chi connectivity index (χ3n) is 0.832. The van der Waals surface area contributed by atoms with Gasteiger partial charge in [-0.05, 0) is 6.08 Å². The first-order valence-corrected chi connectivity index (χ1v) is 2.32. The molecule has 10 heavy (non-hydrogen) atoms. The Morgan fingerprint density at radius 3 is 2.70 bits per heavy atom. The fraction of sp³-hybridized carbons (Fsp3) is 0. The summed E-state index contributed by atoms with van der Waals surface area (Å²) in [4.78, 5) is 14.6. The molecule has 4 nitrogen and oxygen atoms in total. The molecule has 5 heteroatoms. The zero-order valence-corrected chi connectivity index (χ0v) is 5.72. The normalized spacial score (nSPS) is 13.8. The van der Waals surface area contributed by atoms with Crippen molar-refractivity contribution < 1.29 is 14.7 Å². The lowest BCUT2D eigenvalue weighted by molar-refractivity contribution is -0.132. The van der Waals surface area contributed by atoms with Crippen LogP contribution in [0.5, 0.6) is 0 Å². The van der Waals surface area contributed by atoms with Gasteiger partial charge in [-0.15, -0.1) is 12.4 Å². The summed E-state index contributed by atoms with van der Waals surface area (Å²) in [5.74, 6) is -0.993. The molecule has 0 spiro atoms. The number of aliphatic carboxylic acids is 1. The van der Waals surface area contributed by atoms with Crippen LogP contribution in [0.25, 0.3) is 0 Å². The minimum Gasteiger partial charge on any atom is -0.478 e. The second kappa shape index (κ2) is 3.79. The quantitative estimate of drug-likeness (QED) is 0.589. The number of hydrogen-bond donors (Lipinski definition) is 2. The second-order valence-corrected chi connectivity index (χ2v) is 1.45. The predicted octanol–water partition coefficient (Wildman–Crippen LogP) is 0.425. The van der Waals surface area contributed by atoms with Gasteiger partial charge in [0.2, 0.25) is 0 Å². The number of carbonyl (C=O) groups is 1. The molecule has 2 N–H and O–H groups in total. The maximum Gasteiger partial charge on any atom is 0.339 e. The molecule has 0 unspecified atom stereocenters. The van der Waals surface area contributed by atoms with Crippen molar-refractivity contribution >= 4 is 18.4 Å². The second-order valence-electron chi connectivity index (χ2n) is 1.45. The number of rotatable bonds is 1. The molecule has 0 fully saturated rings. The van der Waals surface area contributed by atoms with Crippen LogP contribution in [0.4, 0.5) is 0 Å². The highest BCUT2D eigenvalue weighted by Crippen LogP contribution is 1.99. The number of hydrogen-bond acceptors (Lipinski definition) is 3. The van der Waals surface area contributed by atoms with E-state index in [0.29, 0.717) is 0 Å². The molecule has 0 aliphatic carbocycles. The van der Waals surface area contributed by atoms with Gasteiger partial charge in [0, 0.05) is 6.20 Å². The Hall–Kier alpha value is -1.16. The van der Waals surface area contributed by atoms with Crippen molar-refractivity contribution in [2.24, 2.45) is 0 Å². The summed E-state index contributed by atoms with van der Waals surface area (Å²) < 4.78 is 0. The molecule has 1 rings (SSSR count). The smallest absolute Gasteiger partial charge is 0.339 e. The minimum absolute atomic E-state index is 0. The van der Waals surface area contributed by atoms with Crippen molar-refractivity contribution in [1.82, 2.24) is 5.48 Å². The first kappa shape index (κ1) is 8.84. The van der Waals surface area contributed by atoms with Crippen LogP contribution in [-0.2, 0) is 9.63 Å². The Bertz CT molecular complexity index is 187. The van der Waals surface area contributed by atoms with Crippen LogP contribution in [-0.4, -0.2) is 11.1 Å². The van der Waals surface area contributed by atoms with E-state index < -0.39 is 5.97 Å². The highest BCUT2D eigenvalue weighted by molar-refractivity contribution is 5.89. The molecule has 0 aromatic rings. The van der Waals surface area contributed by atoms with Gasteiger partial charge in [0.05, 0.1) is 5.57 Å². The molecule has 0 radical (unpaired) electrons. The van der Waals surface area contributed by atoms with Gasteiger partial charge in [-0.25, -0.2) is 10.3 Å². The molecule has 0 saturated carbocycles. The van der Waals surface area contributed by atoms with Crippen LogP contribution >= 0.6 is 12.4 Å². The molecule has 0 saturated heterocycles. The van der Waals surface area contributed by atoms with Crippen molar-refractivity contribution in [3.8, 4) is 0 Å². The number of halogens is 1. The molecule has 0 atom stereocenters. The summed E-state index contributed by atoms with van der Waals surface area (Å²) in [6.07, 6.45) is 3.94. The van der Waals surface area contributed by atoms with Gasteiger partial charge in [0.15, 0.2) is 0 Å². The number of carboxylic acids is 1. The van der Waals surface area contributed by atoms with E-state index >= 15 is 0 Å². The predicted molar refractivity (Wildman–Crippen MR) is 36.3 cm³/mol. The Labute approximate surface area is 63.5 Å². The Morgan fingerprint density at radius 1 is 1.70 bits per heavy atom. The molecule has 0 amide bonds. The summed E-state index contributed by atoms with van der Waals surface area (Å²) >= 11 is 0. The number of carboxylic acid groups (broad SMARTS) is 1. The lowest BCUT2D eigenvalue weighted by atomic mass is 10.3. The molecule has 1 aliphatic heterocycles. The SMILES string of the molecule is Cl.O=C(O)C1=CONC=C1. The Balaban J connectivity index is 0.000000810. The Morgan fingerprint density at radius 2 is 2.40 bits per heavy atom. The zero-order chi connectivity index (χ0) is 6.69. The molecular formula is C5H6ClNO3. The third-order valence-corrected chi connectivity index (χ3v) is 0.832. The highest BCUT2D eigenvalue weighted by atomic mass is 35.5. The summed E-state index contributed by atoms with van der Waals surface area (Å²) in [7, 11) is 0. The van der Waals surface area contributed by atoms with Crippen LogP contribution < -0.4 is 5.48 Å². The summed E-state index contributed by atoms with van der Waals surface area (Å²) in [6, 6.07) is 0. The summed E-state index contributed by atoms with van der Waals surface area (Å²) in [6.45, 7) is 0. The van der Waals surface area contributed by atoms with E-state index in [-0.39, 0.29) is 18.0 Å². The van der Waals surface area contributed by atoms with Gasteiger partial charge >= 0.3 is 5.97 Å². The van der Waals surface area contributed by atoms with E-state index in [1.165, 1.54) is 12.3 Å². The van der Waals surface area contributed by atoms with E-state index in [1.807, 2.05) is 0 Å². The molecular weight excluding hydrogens is 158 g/mol. The van der Waals surface area contributed by atoms with Crippen molar-refractivity contribution in [2.75, 3.05) is 0 Å². The average molecular weight is 164 g/mol. The molecule has 1 aliphatic rings. The van der Waals surface area contributed by atoms with Crippen LogP contribution in [0.15, 0.2) is 24.1 Å². The fourth-order valence-corrected chi connectivity index (χ4v) is 0.422. The maximum atomic E-state index is 10.1. The first-order chi connectivity index (χ1) is 4.30. The van der Waals surface area contributed by atoms with Crippen molar-refractivity contribution in [1.29, 1.82) is 0 Å². The highest BCUT2D eigenvalue weighted by Gasteiger charge is 2.04. The molecule has 0 aromatic carbocycles. The van der Waals surface area contributed by atoms with Crippen molar-refractivity contribution in [2.45, 2.75) is 0 Å². The Kier molecular flexibility index (Phi) is 3.35. The largest absolute Gasteiger partial charge is 0.478 e. The molecule has 0 aromatic heterocycles. The van der Waals surface area contributed by atoms with Crippen LogP contribution in [0.3, 0.4) is 0 Å². The van der Waals surface area contributed by atoms with Gasteiger partial charge < -0.3 is 9.94 Å². The van der Waals surface area contributed by atoms with E-state index in [9.17, 15) is 4.79 Å². The summed E-state index contributed by atoms with van der Waals surface area (Å²) in [5.41, 5.74) is 2.48. The van der Waals surface area contributed by atoms with E-state index in [0.717, 1.165) is 6.26 Å². The fourth-order valence-electron chi connectivity index (χ4n) is 0.422. The standard InChI is InChI=1S/C5H5NO3.ClH/c7-5(8)4-1-2-6-9-3-4;/h1-3,6H,(H,7,8);1H. The van der Waals surface area contributed by atoms with Crippen LogP contribution in [0.2, 0.25) is 0 Å². The van der Waals surface area contributed by atoms with Gasteiger partial charge in [-0.1, -0.05) is 0 Å². The monoisotopic (exact) mass is 163 g/mol. The minimum atomic E-state index is -0.993. The number of nitrogens with one attached hydrogen (secondary N) is 1. The third kappa shape index (κ3) is 1.99. The van der Waals surface area contributed by atoms with Crippen molar-refractivity contribution in [3.05, 3.63) is 24.1 Å². The van der Waals surface area contributed by atoms with E-state index in [2.05, 4.69) is 10.3 Å². The number of hydroxylamine groups is 1. The van der Waals surface area contributed by atoms with Crippen molar-refractivity contribution in [3.63, 3.8) is 0 Å².